The van der Waals surface area contributed by atoms with Crippen LogP contribution in [-0.2, 0) is 23.6 Å². The van der Waals surface area contributed by atoms with Gasteiger partial charge in [0.15, 0.2) is 0 Å². The van der Waals surface area contributed by atoms with E-state index in [2.05, 4.69) is 0 Å². The molecule has 0 saturated carbocycles. The number of carbonyl (C=O) groups is 3. The number of carbonyl (C=O) groups excluding carboxylic acids is 3. The van der Waals surface area contributed by atoms with Gasteiger partial charge in [0.25, 0.3) is 5.91 Å². The predicted molar refractivity (Wildman–Crippen MR) is 125 cm³/mol. The first kappa shape index (κ1) is 26.2. The average molecular weight is 476 g/mol. The largest absolute Gasteiger partial charge is 0.497 e. The molecular formula is C24H34BFN2O6. The minimum atomic E-state index is -1.08. The zero-order chi connectivity index (χ0) is 25.4. The summed E-state index contributed by atoms with van der Waals surface area (Å²) in [5, 5.41) is 0. The minimum Gasteiger partial charge on any atom is -0.466 e. The zero-order valence-corrected chi connectivity index (χ0v) is 20.8. The van der Waals surface area contributed by atoms with Crippen molar-refractivity contribution in [2.24, 2.45) is 5.73 Å². The first-order chi connectivity index (χ1) is 15.8. The van der Waals surface area contributed by atoms with Gasteiger partial charge in [-0.25, -0.2) is 4.39 Å². The summed E-state index contributed by atoms with van der Waals surface area (Å²) in [5.41, 5.74) is 4.79. The third-order valence-electron chi connectivity index (χ3n) is 7.06. The molecule has 3 rings (SSSR count). The Morgan fingerprint density at radius 2 is 1.85 bits per heavy atom. The van der Waals surface area contributed by atoms with Gasteiger partial charge in [-0.2, -0.15) is 0 Å². The van der Waals surface area contributed by atoms with Crippen molar-refractivity contribution in [2.45, 2.75) is 90.5 Å². The number of rotatable bonds is 9. The maximum absolute atomic E-state index is 15.7. The molecule has 1 fully saturated rings. The molecule has 2 amide bonds. The Balaban J connectivity index is 1.83. The van der Waals surface area contributed by atoms with Crippen LogP contribution in [0.4, 0.5) is 4.39 Å². The summed E-state index contributed by atoms with van der Waals surface area (Å²) in [6.45, 7) is 11.4. The molecular weight excluding hydrogens is 442 g/mol. The van der Waals surface area contributed by atoms with Crippen LogP contribution >= 0.6 is 0 Å². The van der Waals surface area contributed by atoms with E-state index < -0.39 is 54.0 Å². The van der Waals surface area contributed by atoms with E-state index in [1.54, 1.807) is 6.92 Å². The molecule has 0 aromatic heterocycles. The molecule has 8 nitrogen and oxygen atoms in total. The normalized spacial score (nSPS) is 21.5. The van der Waals surface area contributed by atoms with Gasteiger partial charge in [0.1, 0.15) is 11.9 Å². The van der Waals surface area contributed by atoms with Crippen molar-refractivity contribution in [3.05, 3.63) is 29.1 Å². The third kappa shape index (κ3) is 4.70. The monoisotopic (exact) mass is 476 g/mol. The van der Waals surface area contributed by atoms with Crippen LogP contribution in [0.2, 0.25) is 0 Å². The molecule has 2 heterocycles. The average Bonchev–Trinajstić information content (AvgIpc) is 3.11. The number of benzene rings is 1. The van der Waals surface area contributed by atoms with E-state index >= 15 is 4.39 Å². The Bertz CT molecular complexity index is 966. The highest BCUT2D eigenvalue weighted by Gasteiger charge is 2.53. The second-order valence-electron chi connectivity index (χ2n) is 9.94. The number of esters is 1. The van der Waals surface area contributed by atoms with Crippen LogP contribution in [0.25, 0.3) is 0 Å². The lowest BCUT2D eigenvalue weighted by Crippen LogP contribution is -2.46. The summed E-state index contributed by atoms with van der Waals surface area (Å²) in [5.74, 6) is -2.35. The van der Waals surface area contributed by atoms with E-state index in [4.69, 9.17) is 19.8 Å². The molecule has 1 aromatic rings. The fraction of sp³-hybridized carbons (Fsp3) is 0.625. The summed E-state index contributed by atoms with van der Waals surface area (Å²) in [7, 11) is -0.934. The lowest BCUT2D eigenvalue weighted by Gasteiger charge is -2.32. The van der Waals surface area contributed by atoms with Crippen molar-refractivity contribution < 1.29 is 32.8 Å². The molecule has 2 atom stereocenters. The van der Waals surface area contributed by atoms with Crippen LogP contribution in [0.1, 0.15) is 89.2 Å². The van der Waals surface area contributed by atoms with Crippen molar-refractivity contribution in [1.29, 1.82) is 0 Å². The maximum Gasteiger partial charge on any atom is 0.497 e. The number of ether oxygens (including phenoxy) is 1. The Kier molecular flexibility index (Phi) is 7.43. The standard InChI is InChI=1S/C24H34BFN2O6/c1-7-8-13-32-18(29)12-11-17(21(27)30)28-14(2)19-15(22(28)31)9-10-16(20(19)26)25-33-23(3,4)24(5,6)34-25/h9-10,14,17H,7-8,11-13H2,1-6H3,(H2,27,30)/t14-,17+/m1/s1. The first-order valence-electron chi connectivity index (χ1n) is 11.8. The number of hydrogen-bond donors (Lipinski definition) is 1. The summed E-state index contributed by atoms with van der Waals surface area (Å²) < 4.78 is 32.9. The SMILES string of the molecule is CCCCOC(=O)CC[C@@H](C(N)=O)N1C(=O)c2ccc(B3OC(C)(C)C(C)(C)O3)c(F)c2[C@H]1C. The van der Waals surface area contributed by atoms with E-state index in [0.717, 1.165) is 12.8 Å². The van der Waals surface area contributed by atoms with Gasteiger partial charge in [-0.3, -0.25) is 14.4 Å². The molecule has 0 radical (unpaired) electrons. The highest BCUT2D eigenvalue weighted by Crippen LogP contribution is 2.40. The summed E-state index contributed by atoms with van der Waals surface area (Å²) >= 11 is 0. The van der Waals surface area contributed by atoms with Gasteiger partial charge < -0.3 is 24.7 Å². The van der Waals surface area contributed by atoms with Crippen molar-refractivity contribution in [3.63, 3.8) is 0 Å². The van der Waals surface area contributed by atoms with Crippen molar-refractivity contribution >= 4 is 30.4 Å². The van der Waals surface area contributed by atoms with Gasteiger partial charge in [0.05, 0.1) is 23.9 Å². The van der Waals surface area contributed by atoms with Crippen molar-refractivity contribution in [1.82, 2.24) is 4.90 Å². The third-order valence-corrected chi connectivity index (χ3v) is 7.06. The zero-order valence-electron chi connectivity index (χ0n) is 20.8. The Morgan fingerprint density at radius 3 is 2.41 bits per heavy atom. The van der Waals surface area contributed by atoms with Gasteiger partial charge in [0, 0.05) is 23.0 Å². The van der Waals surface area contributed by atoms with Crippen molar-refractivity contribution in [3.8, 4) is 0 Å². The Hall–Kier alpha value is -2.46. The van der Waals surface area contributed by atoms with E-state index in [1.165, 1.54) is 17.0 Å². The van der Waals surface area contributed by atoms with Gasteiger partial charge in [-0.05, 0) is 53.5 Å². The van der Waals surface area contributed by atoms with Gasteiger partial charge in [0.2, 0.25) is 5.91 Å². The molecule has 0 aliphatic carbocycles. The maximum atomic E-state index is 15.7. The van der Waals surface area contributed by atoms with E-state index in [9.17, 15) is 14.4 Å². The van der Waals surface area contributed by atoms with E-state index in [1.807, 2.05) is 34.6 Å². The lowest BCUT2D eigenvalue weighted by molar-refractivity contribution is -0.144. The van der Waals surface area contributed by atoms with Gasteiger partial charge in [-0.15, -0.1) is 0 Å². The van der Waals surface area contributed by atoms with Crippen LogP contribution < -0.4 is 11.2 Å². The summed E-state index contributed by atoms with van der Waals surface area (Å²) in [6.07, 6.45) is 1.54. The number of amides is 2. The molecule has 34 heavy (non-hydrogen) atoms. The molecule has 10 heteroatoms. The molecule has 2 N–H and O–H groups in total. The fourth-order valence-electron chi connectivity index (χ4n) is 4.30. The van der Waals surface area contributed by atoms with Crippen LogP contribution in [0, 0.1) is 5.82 Å². The van der Waals surface area contributed by atoms with E-state index in [-0.39, 0.29) is 29.4 Å². The Morgan fingerprint density at radius 1 is 1.24 bits per heavy atom. The van der Waals surface area contributed by atoms with Crippen LogP contribution in [0.3, 0.4) is 0 Å². The number of halogens is 1. The number of primary amides is 1. The number of hydrogen-bond acceptors (Lipinski definition) is 6. The number of fused-ring (bicyclic) bond motifs is 1. The highest BCUT2D eigenvalue weighted by atomic mass is 19.1. The van der Waals surface area contributed by atoms with Crippen molar-refractivity contribution in [2.75, 3.05) is 6.61 Å². The quantitative estimate of drug-likeness (QED) is 0.334. The second kappa shape index (κ2) is 9.66. The molecule has 2 aliphatic rings. The fourth-order valence-corrected chi connectivity index (χ4v) is 4.30. The molecule has 0 spiro atoms. The first-order valence-corrected chi connectivity index (χ1v) is 11.8. The molecule has 0 bridgehead atoms. The molecule has 1 saturated heterocycles. The number of nitrogens with zero attached hydrogens (tertiary/aromatic N) is 1. The van der Waals surface area contributed by atoms with Crippen LogP contribution in [0.15, 0.2) is 12.1 Å². The smallest absolute Gasteiger partial charge is 0.466 e. The topological polar surface area (TPSA) is 108 Å². The highest BCUT2D eigenvalue weighted by molar-refractivity contribution is 6.62. The Labute approximate surface area is 200 Å². The summed E-state index contributed by atoms with van der Waals surface area (Å²) in [4.78, 5) is 38.7. The predicted octanol–water partition coefficient (Wildman–Crippen LogP) is 2.62. The number of nitrogens with two attached hydrogens (primary N) is 1. The molecule has 2 aliphatic heterocycles. The lowest BCUT2D eigenvalue weighted by atomic mass is 9.76. The van der Waals surface area contributed by atoms with Gasteiger partial charge >= 0.3 is 13.1 Å². The number of unbranched alkanes of at least 4 members (excludes halogenated alkanes) is 1. The summed E-state index contributed by atoms with van der Waals surface area (Å²) in [6, 6.07) is 1.16. The van der Waals surface area contributed by atoms with Gasteiger partial charge in [-0.1, -0.05) is 19.4 Å². The molecule has 1 aromatic carbocycles. The van der Waals surface area contributed by atoms with E-state index in [0.29, 0.717) is 6.61 Å². The molecule has 186 valence electrons. The minimum absolute atomic E-state index is 0.00391. The second-order valence-corrected chi connectivity index (χ2v) is 9.94. The van der Waals surface area contributed by atoms with Crippen LogP contribution in [-0.4, -0.2) is 53.7 Å². The molecule has 0 unspecified atom stereocenters. The van der Waals surface area contributed by atoms with Crippen LogP contribution in [0.5, 0.6) is 0 Å².